The van der Waals surface area contributed by atoms with Gasteiger partial charge in [-0.05, 0) is 44.5 Å². The van der Waals surface area contributed by atoms with Crippen LogP contribution in [0.25, 0.3) is 0 Å². The number of likely N-dealkylation sites (tertiary alicyclic amines) is 1. The quantitative estimate of drug-likeness (QED) is 0.818. The van der Waals surface area contributed by atoms with Gasteiger partial charge in [0, 0.05) is 0 Å². The fourth-order valence-corrected chi connectivity index (χ4v) is 3.10. The Morgan fingerprint density at radius 1 is 1.32 bits per heavy atom. The number of carboxylic acid groups (broad SMARTS) is 1. The summed E-state index contributed by atoms with van der Waals surface area (Å²) in [7, 11) is 1.56. The van der Waals surface area contributed by atoms with E-state index in [1.165, 1.54) is 0 Å². The van der Waals surface area contributed by atoms with Crippen LogP contribution in [0.1, 0.15) is 36.5 Å². The highest BCUT2D eigenvalue weighted by atomic mass is 16.5. The first-order valence-corrected chi connectivity index (χ1v) is 7.72. The van der Waals surface area contributed by atoms with Crippen molar-refractivity contribution in [2.45, 2.75) is 32.2 Å². The third-order valence-electron chi connectivity index (χ3n) is 4.38. The zero-order valence-corrected chi connectivity index (χ0v) is 13.1. The maximum absolute atomic E-state index is 12.8. The van der Waals surface area contributed by atoms with Gasteiger partial charge in [0.1, 0.15) is 5.75 Å². The Labute approximate surface area is 130 Å². The first-order chi connectivity index (χ1) is 10.6. The summed E-state index contributed by atoms with van der Waals surface area (Å²) in [5.74, 6) is -0.376. The molecule has 1 saturated heterocycles. The number of carboxylic acids is 1. The summed E-state index contributed by atoms with van der Waals surface area (Å²) in [5.41, 5.74) is 0.595. The van der Waals surface area contributed by atoms with Gasteiger partial charge in [-0.3, -0.25) is 14.5 Å². The molecular formula is C17H23NO4. The SMILES string of the molecule is CCC(C(=O)c1ccccc1OC)N1CCC(C(=O)O)CC1. The molecule has 2 rings (SSSR count). The second-order valence-electron chi connectivity index (χ2n) is 5.64. The largest absolute Gasteiger partial charge is 0.496 e. The van der Waals surface area contributed by atoms with Crippen molar-refractivity contribution in [2.75, 3.05) is 20.2 Å². The number of nitrogens with zero attached hydrogens (tertiary/aromatic N) is 1. The van der Waals surface area contributed by atoms with Crippen molar-refractivity contribution in [3.05, 3.63) is 29.8 Å². The second kappa shape index (κ2) is 7.40. The molecule has 1 aromatic rings. The van der Waals surface area contributed by atoms with E-state index in [9.17, 15) is 9.59 Å². The molecule has 1 aromatic carbocycles. The van der Waals surface area contributed by atoms with Crippen molar-refractivity contribution < 1.29 is 19.4 Å². The van der Waals surface area contributed by atoms with Gasteiger partial charge >= 0.3 is 5.97 Å². The lowest BCUT2D eigenvalue weighted by Crippen LogP contribution is -2.46. The Bertz CT molecular complexity index is 535. The lowest BCUT2D eigenvalue weighted by molar-refractivity contribution is -0.143. The summed E-state index contributed by atoms with van der Waals surface area (Å²) in [6.07, 6.45) is 1.91. The lowest BCUT2D eigenvalue weighted by Gasteiger charge is -2.35. The molecule has 22 heavy (non-hydrogen) atoms. The predicted octanol–water partition coefficient (Wildman–Crippen LogP) is 2.45. The number of para-hydroxylation sites is 1. The third kappa shape index (κ3) is 3.47. The molecule has 0 spiro atoms. The number of rotatable bonds is 6. The molecule has 0 saturated carbocycles. The van der Waals surface area contributed by atoms with Crippen molar-refractivity contribution in [1.29, 1.82) is 0 Å². The minimum atomic E-state index is -0.733. The van der Waals surface area contributed by atoms with Gasteiger partial charge in [0.2, 0.25) is 0 Å². The van der Waals surface area contributed by atoms with Gasteiger partial charge in [-0.2, -0.15) is 0 Å². The number of ketones is 1. The van der Waals surface area contributed by atoms with Crippen LogP contribution < -0.4 is 4.74 Å². The van der Waals surface area contributed by atoms with Crippen LogP contribution in [-0.2, 0) is 4.79 Å². The van der Waals surface area contributed by atoms with Crippen LogP contribution in [0.2, 0.25) is 0 Å². The summed E-state index contributed by atoms with van der Waals surface area (Å²) in [4.78, 5) is 26.0. The number of carbonyl (C=O) groups is 2. The van der Waals surface area contributed by atoms with Crippen molar-refractivity contribution in [2.24, 2.45) is 5.92 Å². The van der Waals surface area contributed by atoms with Crippen LogP contribution in [-0.4, -0.2) is 48.0 Å². The highest BCUT2D eigenvalue weighted by molar-refractivity contribution is 6.02. The molecule has 1 aliphatic rings. The monoisotopic (exact) mass is 305 g/mol. The van der Waals surface area contributed by atoms with Crippen LogP contribution in [0.3, 0.4) is 0 Å². The molecule has 1 N–H and O–H groups in total. The molecule has 5 heteroatoms. The van der Waals surface area contributed by atoms with Gasteiger partial charge in [-0.25, -0.2) is 0 Å². The minimum absolute atomic E-state index is 0.0497. The standard InChI is InChI=1S/C17H23NO4/c1-3-14(18-10-8-12(9-11-18)17(20)21)16(19)13-6-4-5-7-15(13)22-2/h4-7,12,14H,3,8-11H2,1-2H3,(H,20,21). The fraction of sp³-hybridized carbons (Fsp3) is 0.529. The fourth-order valence-electron chi connectivity index (χ4n) is 3.10. The number of hydrogen-bond acceptors (Lipinski definition) is 4. The maximum atomic E-state index is 12.8. The molecule has 1 fully saturated rings. The third-order valence-corrected chi connectivity index (χ3v) is 4.38. The van der Waals surface area contributed by atoms with Crippen molar-refractivity contribution in [1.82, 2.24) is 4.90 Å². The minimum Gasteiger partial charge on any atom is -0.496 e. The van der Waals surface area contributed by atoms with Crippen molar-refractivity contribution >= 4 is 11.8 Å². The van der Waals surface area contributed by atoms with E-state index >= 15 is 0 Å². The average Bonchev–Trinajstić information content (AvgIpc) is 2.55. The summed E-state index contributed by atoms with van der Waals surface area (Å²) >= 11 is 0. The highest BCUT2D eigenvalue weighted by Gasteiger charge is 2.32. The van der Waals surface area contributed by atoms with Crippen LogP contribution in [0, 0.1) is 5.92 Å². The van der Waals surface area contributed by atoms with E-state index in [-0.39, 0.29) is 17.7 Å². The number of Topliss-reactive ketones (excluding diaryl/α,β-unsaturated/α-hetero) is 1. The molecule has 5 nitrogen and oxygen atoms in total. The molecule has 0 aromatic heterocycles. The molecule has 120 valence electrons. The molecular weight excluding hydrogens is 282 g/mol. The van der Waals surface area contributed by atoms with Crippen molar-refractivity contribution in [3.8, 4) is 5.75 Å². The number of methoxy groups -OCH3 is 1. The molecule has 1 unspecified atom stereocenters. The highest BCUT2D eigenvalue weighted by Crippen LogP contribution is 2.25. The maximum Gasteiger partial charge on any atom is 0.306 e. The number of aliphatic carboxylic acids is 1. The van der Waals surface area contributed by atoms with Gasteiger partial charge in [-0.15, -0.1) is 0 Å². The first-order valence-electron chi connectivity index (χ1n) is 7.72. The molecule has 1 aliphatic heterocycles. The van der Waals surface area contributed by atoms with E-state index in [1.54, 1.807) is 19.2 Å². The van der Waals surface area contributed by atoms with Gasteiger partial charge in [0.15, 0.2) is 5.78 Å². The predicted molar refractivity (Wildman–Crippen MR) is 83.3 cm³/mol. The summed E-state index contributed by atoms with van der Waals surface area (Å²) in [6, 6.07) is 7.03. The van der Waals surface area contributed by atoms with E-state index in [4.69, 9.17) is 9.84 Å². The summed E-state index contributed by atoms with van der Waals surface area (Å²) in [6.45, 7) is 3.29. The molecule has 0 radical (unpaired) electrons. The van der Waals surface area contributed by atoms with Crippen LogP contribution in [0.5, 0.6) is 5.75 Å². The lowest BCUT2D eigenvalue weighted by atomic mass is 9.93. The Kier molecular flexibility index (Phi) is 5.55. The van der Waals surface area contributed by atoms with Crippen LogP contribution in [0.15, 0.2) is 24.3 Å². The molecule has 0 aliphatic carbocycles. The molecule has 1 atom stereocenters. The van der Waals surface area contributed by atoms with E-state index < -0.39 is 5.97 Å². The summed E-state index contributed by atoms with van der Waals surface area (Å²) < 4.78 is 5.28. The molecule has 1 heterocycles. The van der Waals surface area contributed by atoms with E-state index in [0.29, 0.717) is 43.7 Å². The normalized spacial score (nSPS) is 17.9. The van der Waals surface area contributed by atoms with Gasteiger partial charge in [-0.1, -0.05) is 19.1 Å². The van der Waals surface area contributed by atoms with Crippen LogP contribution in [0.4, 0.5) is 0 Å². The molecule has 0 bridgehead atoms. The van der Waals surface area contributed by atoms with Crippen molar-refractivity contribution in [3.63, 3.8) is 0 Å². The summed E-state index contributed by atoms with van der Waals surface area (Å²) in [5, 5.41) is 9.07. The Morgan fingerprint density at radius 3 is 2.50 bits per heavy atom. The zero-order chi connectivity index (χ0) is 16.1. The number of ether oxygens (including phenoxy) is 1. The zero-order valence-electron chi connectivity index (χ0n) is 13.1. The Balaban J connectivity index is 2.11. The average molecular weight is 305 g/mol. The number of piperidine rings is 1. The smallest absolute Gasteiger partial charge is 0.306 e. The number of benzene rings is 1. The van der Waals surface area contributed by atoms with Gasteiger partial charge in [0.05, 0.1) is 24.6 Å². The second-order valence-corrected chi connectivity index (χ2v) is 5.64. The Hall–Kier alpha value is -1.88. The van der Waals surface area contributed by atoms with E-state index in [0.717, 1.165) is 0 Å². The van der Waals surface area contributed by atoms with Gasteiger partial charge in [0.25, 0.3) is 0 Å². The van der Waals surface area contributed by atoms with Crippen LogP contribution >= 0.6 is 0 Å². The van der Waals surface area contributed by atoms with E-state index in [1.807, 2.05) is 19.1 Å². The van der Waals surface area contributed by atoms with E-state index in [2.05, 4.69) is 4.90 Å². The topological polar surface area (TPSA) is 66.8 Å². The number of hydrogen-bond donors (Lipinski definition) is 1. The first kappa shape index (κ1) is 16.5. The van der Waals surface area contributed by atoms with Gasteiger partial charge < -0.3 is 9.84 Å². The number of carbonyl (C=O) groups excluding carboxylic acids is 1. The molecule has 0 amide bonds. The Morgan fingerprint density at radius 2 is 1.95 bits per heavy atom.